The summed E-state index contributed by atoms with van der Waals surface area (Å²) in [6, 6.07) is 7.99. The number of amides is 1. The van der Waals surface area contributed by atoms with Gasteiger partial charge in [-0.2, -0.15) is 4.72 Å². The van der Waals surface area contributed by atoms with Gasteiger partial charge in [0.05, 0.1) is 16.9 Å². The second kappa shape index (κ2) is 12.6. The van der Waals surface area contributed by atoms with Crippen molar-refractivity contribution in [2.45, 2.75) is 66.8 Å². The Hall–Kier alpha value is -3.48. The highest BCUT2D eigenvalue weighted by molar-refractivity contribution is 7.90. The lowest BCUT2D eigenvalue weighted by Gasteiger charge is -2.29. The summed E-state index contributed by atoms with van der Waals surface area (Å²) in [7, 11) is -8.36. The van der Waals surface area contributed by atoms with Crippen LogP contribution in [0.3, 0.4) is 0 Å². The number of rotatable bonds is 10. The van der Waals surface area contributed by atoms with E-state index in [1.54, 1.807) is 31.2 Å². The number of benzene rings is 2. The second-order valence-electron chi connectivity index (χ2n) is 10.1. The highest BCUT2D eigenvalue weighted by Crippen LogP contribution is 2.34. The molecule has 2 unspecified atom stereocenters. The Kier molecular flexibility index (Phi) is 9.53. The van der Waals surface area contributed by atoms with E-state index in [1.165, 1.54) is 6.07 Å². The second-order valence-corrected chi connectivity index (χ2v) is 13.7. The monoisotopic (exact) mass is 659 g/mol. The molecule has 0 spiro atoms. The Labute approximate surface area is 252 Å². The van der Waals surface area contributed by atoms with Gasteiger partial charge < -0.3 is 25.2 Å². The van der Waals surface area contributed by atoms with Crippen molar-refractivity contribution >= 4 is 55.4 Å². The lowest BCUT2D eigenvalue weighted by atomic mass is 10.1. The van der Waals surface area contributed by atoms with Crippen molar-refractivity contribution in [2.24, 2.45) is 5.14 Å². The van der Waals surface area contributed by atoms with Gasteiger partial charge in [-0.25, -0.2) is 31.6 Å². The molecule has 3 atom stereocenters. The average molecular weight is 660 g/mol. The smallest absolute Gasteiger partial charge is 0.415 e. The van der Waals surface area contributed by atoms with Crippen LogP contribution in [0.4, 0.5) is 10.5 Å². The van der Waals surface area contributed by atoms with Gasteiger partial charge in [-0.1, -0.05) is 23.7 Å². The van der Waals surface area contributed by atoms with Crippen LogP contribution in [-0.2, 0) is 40.8 Å². The minimum atomic E-state index is -4.25. The van der Waals surface area contributed by atoms with Crippen molar-refractivity contribution in [1.29, 1.82) is 0 Å². The van der Waals surface area contributed by atoms with Crippen LogP contribution in [0, 0.1) is 0 Å². The van der Waals surface area contributed by atoms with Gasteiger partial charge in [0.15, 0.2) is 0 Å². The molecule has 2 aliphatic rings. The zero-order valence-electron chi connectivity index (χ0n) is 22.8. The fourth-order valence-electron chi connectivity index (χ4n) is 4.61. The maximum Gasteiger partial charge on any atom is 0.415 e. The first-order valence-corrected chi connectivity index (χ1v) is 16.4. The molecule has 234 valence electrons. The molecular formula is C25H30ClN5O10S2. The van der Waals surface area contributed by atoms with Crippen molar-refractivity contribution in [3.05, 3.63) is 47.0 Å². The molecule has 0 aliphatic carbocycles. The van der Waals surface area contributed by atoms with Gasteiger partial charge in [0.2, 0.25) is 20.0 Å². The molecule has 2 aliphatic heterocycles. The molecule has 1 amide bonds. The summed E-state index contributed by atoms with van der Waals surface area (Å²) in [5, 5.41) is 22.0. The average Bonchev–Trinajstić information content (AvgIpc) is 3.37. The number of hydrogen-bond donors (Lipinski definition) is 6. The van der Waals surface area contributed by atoms with Gasteiger partial charge in [-0.15, -0.1) is 0 Å². The first kappa shape index (κ1) is 32.4. The van der Waals surface area contributed by atoms with Crippen molar-refractivity contribution in [3.63, 3.8) is 0 Å². The predicted molar refractivity (Wildman–Crippen MR) is 152 cm³/mol. The van der Waals surface area contributed by atoms with Crippen LogP contribution in [0.5, 0.6) is 5.75 Å². The first-order chi connectivity index (χ1) is 20.1. The summed E-state index contributed by atoms with van der Waals surface area (Å²) in [6.07, 6.45) is -0.885. The van der Waals surface area contributed by atoms with Gasteiger partial charge in [-0.3, -0.25) is 10.1 Å². The van der Waals surface area contributed by atoms with E-state index >= 15 is 0 Å². The van der Waals surface area contributed by atoms with Crippen LogP contribution in [0.15, 0.2) is 46.2 Å². The normalized spacial score (nSPS) is 21.6. The Balaban J connectivity index is 1.41. The molecule has 7 N–H and O–H groups in total. The Bertz CT molecular complexity index is 1630. The number of carboxylic acid groups (broad SMARTS) is 1. The molecule has 2 heterocycles. The lowest BCUT2D eigenvalue weighted by molar-refractivity contribution is -0.157. The third-order valence-electron chi connectivity index (χ3n) is 6.70. The van der Waals surface area contributed by atoms with Gasteiger partial charge in [-0.05, 0) is 56.1 Å². The van der Waals surface area contributed by atoms with Crippen LogP contribution < -0.4 is 30.5 Å². The number of fused-ring (bicyclic) bond motifs is 1. The van der Waals surface area contributed by atoms with E-state index in [-0.39, 0.29) is 47.0 Å². The predicted octanol–water partition coefficient (Wildman–Crippen LogP) is 1.22. The number of sulfonamides is 2. The summed E-state index contributed by atoms with van der Waals surface area (Å²) >= 11 is 6.03. The van der Waals surface area contributed by atoms with E-state index in [0.717, 1.165) is 6.07 Å². The molecule has 0 radical (unpaired) electrons. The van der Waals surface area contributed by atoms with E-state index in [0.29, 0.717) is 18.5 Å². The minimum Gasteiger partial charge on any atom is -0.481 e. The summed E-state index contributed by atoms with van der Waals surface area (Å²) in [5.41, 5.74) is -0.842. The topological polar surface area (TPSA) is 232 Å². The molecule has 0 saturated carbocycles. The number of primary sulfonamides is 1. The number of hydrogen-bond acceptors (Lipinski definition) is 11. The van der Waals surface area contributed by atoms with Crippen molar-refractivity contribution < 1.29 is 45.8 Å². The molecule has 0 bridgehead atoms. The van der Waals surface area contributed by atoms with Gasteiger partial charge in [0.1, 0.15) is 15.5 Å². The number of esters is 1. The number of anilines is 1. The molecule has 2 aromatic carbocycles. The fraction of sp³-hybridized carbons (Fsp3) is 0.400. The van der Waals surface area contributed by atoms with Crippen LogP contribution in [-0.4, -0.2) is 64.5 Å². The summed E-state index contributed by atoms with van der Waals surface area (Å²) in [5.74, 6) is -1.70. The zero-order valence-corrected chi connectivity index (χ0v) is 25.1. The molecule has 2 aromatic rings. The number of nitrogens with two attached hydrogens (primary N) is 1. The van der Waals surface area contributed by atoms with Gasteiger partial charge >= 0.3 is 18.0 Å². The number of aliphatic carboxylic acids is 1. The van der Waals surface area contributed by atoms with E-state index in [1.807, 2.05) is 0 Å². The SMILES string of the molecule is CC(CCC(=O)O)NC(=O)OC(=O)[C@]1(Oc2ccc(CC3Nc4cc(Cl)c(S(N)(=O)=O)cc4S(=O)(=O)N3)cc2)CCCN1. The number of alkyl carbamates (subject to hydrolysis) is 1. The molecule has 4 rings (SSSR count). The number of carbonyl (C=O) groups excluding carboxylic acids is 2. The lowest BCUT2D eigenvalue weighted by Crippen LogP contribution is -2.55. The van der Waals surface area contributed by atoms with Crippen molar-refractivity contribution in [1.82, 2.24) is 15.4 Å². The minimum absolute atomic E-state index is 0.106. The van der Waals surface area contributed by atoms with E-state index in [9.17, 15) is 31.2 Å². The highest BCUT2D eigenvalue weighted by Gasteiger charge is 2.46. The van der Waals surface area contributed by atoms with Crippen LogP contribution in [0.1, 0.15) is 38.2 Å². The summed E-state index contributed by atoms with van der Waals surface area (Å²) in [6.45, 7) is 2.02. The van der Waals surface area contributed by atoms with Crippen LogP contribution >= 0.6 is 11.6 Å². The quantitative estimate of drug-likeness (QED) is 0.156. The number of carbonyl (C=O) groups is 3. The van der Waals surface area contributed by atoms with Crippen LogP contribution in [0.2, 0.25) is 5.02 Å². The molecule has 43 heavy (non-hydrogen) atoms. The first-order valence-electron chi connectivity index (χ1n) is 13.0. The standard InChI is InChI=1S/C25H30ClN5O10S2/c1-14(3-8-22(32)33)29-24(35)40-23(34)25(9-2-10-28-25)41-16-6-4-15(5-7-16)11-21-30-18-12-17(26)19(42(27,36)37)13-20(18)43(38,39)31-21/h4-7,12-14,21,28,30-31H,2-3,8-11H2,1H3,(H,29,35)(H,32,33)(H2,27,36,37)/t14?,21?,25-/m1/s1. The maximum atomic E-state index is 12.9. The number of halogens is 1. The maximum absolute atomic E-state index is 12.9. The van der Waals surface area contributed by atoms with E-state index in [4.69, 9.17) is 31.3 Å². The molecule has 15 nitrogen and oxygen atoms in total. The van der Waals surface area contributed by atoms with Crippen molar-refractivity contribution in [2.75, 3.05) is 11.9 Å². The molecule has 1 fully saturated rings. The number of nitrogens with one attached hydrogen (secondary N) is 4. The summed E-state index contributed by atoms with van der Waals surface area (Å²) in [4.78, 5) is 35.0. The molecular weight excluding hydrogens is 630 g/mol. The highest BCUT2D eigenvalue weighted by atomic mass is 35.5. The Morgan fingerprint density at radius 2 is 1.93 bits per heavy atom. The molecule has 18 heteroatoms. The Morgan fingerprint density at radius 3 is 2.53 bits per heavy atom. The number of ether oxygens (including phenoxy) is 2. The zero-order chi connectivity index (χ0) is 31.6. The largest absolute Gasteiger partial charge is 0.481 e. The molecule has 0 aromatic heterocycles. The Morgan fingerprint density at radius 1 is 1.23 bits per heavy atom. The van der Waals surface area contributed by atoms with Crippen LogP contribution in [0.25, 0.3) is 0 Å². The van der Waals surface area contributed by atoms with E-state index in [2.05, 4.69) is 20.7 Å². The molecule has 1 saturated heterocycles. The van der Waals surface area contributed by atoms with Gasteiger partial charge in [0.25, 0.3) is 5.72 Å². The number of carboxylic acids is 1. The van der Waals surface area contributed by atoms with Gasteiger partial charge in [0, 0.05) is 25.3 Å². The third kappa shape index (κ3) is 7.92. The van der Waals surface area contributed by atoms with E-state index < -0.39 is 60.9 Å². The fourth-order valence-corrected chi connectivity index (χ4v) is 7.11. The third-order valence-corrected chi connectivity index (χ3v) is 9.59. The van der Waals surface area contributed by atoms with Crippen molar-refractivity contribution in [3.8, 4) is 5.75 Å². The summed E-state index contributed by atoms with van der Waals surface area (Å²) < 4.78 is 62.6.